The van der Waals surface area contributed by atoms with Gasteiger partial charge in [-0.05, 0) is 131 Å². The molecule has 6 heteroatoms. The van der Waals surface area contributed by atoms with Crippen molar-refractivity contribution in [2.75, 3.05) is 0 Å². The van der Waals surface area contributed by atoms with E-state index < -0.39 is 12.0 Å². The van der Waals surface area contributed by atoms with E-state index in [0.29, 0.717) is 6.42 Å². The van der Waals surface area contributed by atoms with E-state index in [2.05, 4.69) is 78.9 Å². The third kappa shape index (κ3) is 5.12. The second kappa shape index (κ2) is 10.6. The van der Waals surface area contributed by atoms with Crippen molar-refractivity contribution in [3.63, 3.8) is 0 Å². The second-order valence-electron chi connectivity index (χ2n) is 7.83. The predicted octanol–water partition coefficient (Wildman–Crippen LogP) is 6.39. The summed E-state index contributed by atoms with van der Waals surface area (Å²) in [4.78, 5) is 11.3. The van der Waals surface area contributed by atoms with Crippen LogP contribution in [0.5, 0.6) is 11.5 Å². The SMILES string of the molecule is CCCc1c(CC)cc(C)c(Oc2c(I)c(C)c(CC(N)C(=O)O)c(C)c2I)c1C. The van der Waals surface area contributed by atoms with Gasteiger partial charge in [0.15, 0.2) is 5.75 Å². The van der Waals surface area contributed by atoms with Crippen molar-refractivity contribution in [3.05, 3.63) is 52.2 Å². The lowest BCUT2D eigenvalue weighted by atomic mass is 9.93. The minimum atomic E-state index is -0.982. The van der Waals surface area contributed by atoms with Gasteiger partial charge in [0, 0.05) is 0 Å². The number of rotatable bonds is 8. The maximum Gasteiger partial charge on any atom is 0.320 e. The van der Waals surface area contributed by atoms with Crippen LogP contribution in [-0.4, -0.2) is 17.1 Å². The van der Waals surface area contributed by atoms with E-state index in [-0.39, 0.29) is 0 Å². The number of hydrogen-bond acceptors (Lipinski definition) is 3. The lowest BCUT2D eigenvalue weighted by molar-refractivity contribution is -0.138. The summed E-state index contributed by atoms with van der Waals surface area (Å²) in [5.74, 6) is 0.793. The van der Waals surface area contributed by atoms with Crippen LogP contribution in [0.1, 0.15) is 59.2 Å². The van der Waals surface area contributed by atoms with Gasteiger partial charge >= 0.3 is 5.97 Å². The van der Waals surface area contributed by atoms with Gasteiger partial charge in [0.25, 0.3) is 0 Å². The van der Waals surface area contributed by atoms with E-state index in [4.69, 9.17) is 10.5 Å². The molecule has 3 N–H and O–H groups in total. The molecule has 0 aliphatic carbocycles. The van der Waals surface area contributed by atoms with E-state index in [0.717, 1.165) is 60.2 Å². The highest BCUT2D eigenvalue weighted by Crippen LogP contribution is 2.41. The normalized spacial score (nSPS) is 12.2. The minimum Gasteiger partial charge on any atom is -0.480 e. The molecular weight excluding hydrogens is 604 g/mol. The van der Waals surface area contributed by atoms with Gasteiger partial charge in [-0.2, -0.15) is 0 Å². The summed E-state index contributed by atoms with van der Waals surface area (Å²) in [6.07, 6.45) is 3.47. The van der Waals surface area contributed by atoms with Crippen molar-refractivity contribution in [2.45, 2.75) is 73.3 Å². The maximum atomic E-state index is 11.3. The number of aryl methyl sites for hydroxylation is 2. The predicted molar refractivity (Wildman–Crippen MR) is 140 cm³/mol. The molecule has 4 nitrogen and oxygen atoms in total. The van der Waals surface area contributed by atoms with E-state index in [9.17, 15) is 9.90 Å². The lowest BCUT2D eigenvalue weighted by Crippen LogP contribution is -2.33. The third-order valence-corrected chi connectivity index (χ3v) is 8.32. The number of nitrogens with two attached hydrogens (primary N) is 1. The zero-order chi connectivity index (χ0) is 22.7. The van der Waals surface area contributed by atoms with Crippen LogP contribution < -0.4 is 10.5 Å². The van der Waals surface area contributed by atoms with Crippen LogP contribution in [0.2, 0.25) is 0 Å². The van der Waals surface area contributed by atoms with Gasteiger partial charge in [-0.1, -0.05) is 26.3 Å². The smallest absolute Gasteiger partial charge is 0.320 e. The van der Waals surface area contributed by atoms with Crippen molar-refractivity contribution in [3.8, 4) is 11.5 Å². The fourth-order valence-electron chi connectivity index (χ4n) is 3.95. The molecule has 0 bridgehead atoms. The quantitative estimate of drug-likeness (QED) is 0.330. The number of carboxylic acid groups (broad SMARTS) is 1. The zero-order valence-corrected chi connectivity index (χ0v) is 22.9. The highest BCUT2D eigenvalue weighted by Gasteiger charge is 2.23. The first-order valence-corrected chi connectivity index (χ1v) is 12.5. The molecule has 1 unspecified atom stereocenters. The Morgan fingerprint density at radius 1 is 1.03 bits per heavy atom. The van der Waals surface area contributed by atoms with Gasteiger partial charge in [-0.3, -0.25) is 4.79 Å². The summed E-state index contributed by atoms with van der Waals surface area (Å²) in [6.45, 7) is 12.7. The first-order chi connectivity index (χ1) is 14.0. The fraction of sp³-hybridized carbons (Fsp3) is 0.458. The number of benzene rings is 2. The van der Waals surface area contributed by atoms with Gasteiger partial charge in [-0.15, -0.1) is 0 Å². The van der Waals surface area contributed by atoms with Gasteiger partial charge in [-0.25, -0.2) is 0 Å². The summed E-state index contributed by atoms with van der Waals surface area (Å²) >= 11 is 4.62. The van der Waals surface area contributed by atoms with E-state index >= 15 is 0 Å². The van der Waals surface area contributed by atoms with Crippen molar-refractivity contribution >= 4 is 51.2 Å². The van der Waals surface area contributed by atoms with Crippen LogP contribution >= 0.6 is 45.2 Å². The highest BCUT2D eigenvalue weighted by molar-refractivity contribution is 14.1. The Labute approximate surface area is 207 Å². The lowest BCUT2D eigenvalue weighted by Gasteiger charge is -2.23. The molecule has 2 rings (SSSR count). The van der Waals surface area contributed by atoms with Crippen LogP contribution in [0.4, 0.5) is 0 Å². The largest absolute Gasteiger partial charge is 0.480 e. The molecule has 0 fully saturated rings. The monoisotopic (exact) mass is 635 g/mol. The summed E-state index contributed by atoms with van der Waals surface area (Å²) in [5, 5.41) is 9.23. The fourth-order valence-corrected chi connectivity index (χ4v) is 5.87. The van der Waals surface area contributed by atoms with Crippen molar-refractivity contribution < 1.29 is 14.6 Å². The topological polar surface area (TPSA) is 72.5 Å². The number of aliphatic carboxylic acids is 1. The van der Waals surface area contributed by atoms with Crippen LogP contribution in [0.3, 0.4) is 0 Å². The van der Waals surface area contributed by atoms with E-state index in [1.165, 1.54) is 16.7 Å². The van der Waals surface area contributed by atoms with Crippen LogP contribution in [-0.2, 0) is 24.1 Å². The Balaban J connectivity index is 2.60. The molecule has 1 atom stereocenters. The molecule has 0 aliphatic rings. The van der Waals surface area contributed by atoms with Gasteiger partial charge in [0.2, 0.25) is 0 Å². The molecule has 164 valence electrons. The Hall–Kier alpha value is -0.870. The number of carboxylic acids is 1. The Morgan fingerprint density at radius 2 is 1.60 bits per heavy atom. The molecule has 2 aromatic rings. The van der Waals surface area contributed by atoms with Crippen molar-refractivity contribution in [1.82, 2.24) is 0 Å². The molecule has 0 heterocycles. The molecule has 0 saturated heterocycles. The summed E-state index contributed by atoms with van der Waals surface area (Å²) in [7, 11) is 0. The minimum absolute atomic E-state index is 0.309. The summed E-state index contributed by atoms with van der Waals surface area (Å²) < 4.78 is 8.60. The molecule has 0 aromatic heterocycles. The number of halogens is 2. The molecule has 0 saturated carbocycles. The van der Waals surface area contributed by atoms with Crippen LogP contribution in [0.15, 0.2) is 6.07 Å². The molecular formula is C24H31I2NO3. The molecule has 30 heavy (non-hydrogen) atoms. The van der Waals surface area contributed by atoms with Crippen LogP contribution in [0.25, 0.3) is 0 Å². The number of hydrogen-bond donors (Lipinski definition) is 2. The van der Waals surface area contributed by atoms with Crippen molar-refractivity contribution in [2.24, 2.45) is 5.73 Å². The summed E-state index contributed by atoms with van der Waals surface area (Å²) in [6, 6.07) is 1.34. The average molecular weight is 635 g/mol. The van der Waals surface area contributed by atoms with Gasteiger partial charge < -0.3 is 15.6 Å². The molecule has 0 amide bonds. The van der Waals surface area contributed by atoms with E-state index in [1.807, 2.05) is 13.8 Å². The van der Waals surface area contributed by atoms with Crippen molar-refractivity contribution in [1.29, 1.82) is 0 Å². The Kier molecular flexibility index (Phi) is 9.00. The van der Waals surface area contributed by atoms with E-state index in [1.54, 1.807) is 0 Å². The standard InChI is InChI=1S/C24H31I2NO3/c1-7-9-17-15(6)22(12(3)10-16(17)8-2)30-23-20(25)13(4)18(14(5)21(23)26)11-19(27)24(28)29/h10,19H,7-9,11,27H2,1-6H3,(H,28,29). The first-order valence-electron chi connectivity index (χ1n) is 10.3. The molecule has 0 spiro atoms. The number of carbonyl (C=O) groups is 1. The van der Waals surface area contributed by atoms with Gasteiger partial charge in [0.1, 0.15) is 11.8 Å². The first kappa shape index (κ1) is 25.4. The zero-order valence-electron chi connectivity index (χ0n) is 18.6. The molecule has 0 radical (unpaired) electrons. The maximum absolute atomic E-state index is 11.3. The molecule has 2 aromatic carbocycles. The average Bonchev–Trinajstić information content (AvgIpc) is 2.70. The van der Waals surface area contributed by atoms with Gasteiger partial charge in [0.05, 0.1) is 7.14 Å². The Bertz CT molecular complexity index is 941. The second-order valence-corrected chi connectivity index (χ2v) is 9.98. The number of ether oxygens (including phenoxy) is 1. The van der Waals surface area contributed by atoms with Crippen LogP contribution in [0, 0.1) is 34.8 Å². The summed E-state index contributed by atoms with van der Waals surface area (Å²) in [5.41, 5.74) is 14.0. The Morgan fingerprint density at radius 3 is 2.07 bits per heavy atom. The highest BCUT2D eigenvalue weighted by atomic mass is 127. The third-order valence-electron chi connectivity index (χ3n) is 5.72. The molecule has 0 aliphatic heterocycles.